The molecule has 0 aliphatic carbocycles. The Bertz CT molecular complexity index is 576. The highest BCUT2D eigenvalue weighted by molar-refractivity contribution is 5.69. The van der Waals surface area contributed by atoms with Crippen LogP contribution in [0.1, 0.15) is 18.9 Å². The van der Waals surface area contributed by atoms with Gasteiger partial charge in [-0.1, -0.05) is 6.92 Å². The first-order valence-corrected chi connectivity index (χ1v) is 5.85. The molecule has 3 nitrogen and oxygen atoms in total. The highest BCUT2D eigenvalue weighted by atomic mass is 19.4. The standard InChI is InChI=1S/C13H13F3N2O/c1-2-5-18-8-9(7-17-18)11-6-10(13(14,15)16)3-4-12(11)19/h3-4,6-8,19H,2,5H2,1H3. The Morgan fingerprint density at radius 2 is 2.05 bits per heavy atom. The Morgan fingerprint density at radius 1 is 1.32 bits per heavy atom. The maximum Gasteiger partial charge on any atom is 0.416 e. The minimum atomic E-state index is -4.43. The summed E-state index contributed by atoms with van der Waals surface area (Å²) in [4.78, 5) is 0. The molecular formula is C13H13F3N2O. The molecule has 0 saturated carbocycles. The van der Waals surface area contributed by atoms with E-state index >= 15 is 0 Å². The Hall–Kier alpha value is -1.98. The molecule has 0 aliphatic rings. The van der Waals surface area contributed by atoms with Gasteiger partial charge in [-0.25, -0.2) is 0 Å². The largest absolute Gasteiger partial charge is 0.507 e. The van der Waals surface area contributed by atoms with Gasteiger partial charge < -0.3 is 5.11 Å². The lowest BCUT2D eigenvalue weighted by atomic mass is 10.0. The van der Waals surface area contributed by atoms with Gasteiger partial charge in [0, 0.05) is 23.9 Å². The predicted octanol–water partition coefficient (Wildman–Crippen LogP) is 3.68. The Labute approximate surface area is 108 Å². The zero-order chi connectivity index (χ0) is 14.0. The molecule has 0 fully saturated rings. The second kappa shape index (κ2) is 4.95. The first-order chi connectivity index (χ1) is 8.91. The van der Waals surface area contributed by atoms with Gasteiger partial charge >= 0.3 is 6.18 Å². The van der Waals surface area contributed by atoms with Crippen molar-refractivity contribution in [2.24, 2.45) is 0 Å². The third-order valence-corrected chi connectivity index (χ3v) is 2.72. The van der Waals surface area contributed by atoms with E-state index in [1.165, 1.54) is 6.20 Å². The zero-order valence-electron chi connectivity index (χ0n) is 10.3. The van der Waals surface area contributed by atoms with Crippen LogP contribution in [0.4, 0.5) is 13.2 Å². The summed E-state index contributed by atoms with van der Waals surface area (Å²) in [6.45, 7) is 2.66. The molecule has 0 saturated heterocycles. The van der Waals surface area contributed by atoms with E-state index in [-0.39, 0.29) is 11.3 Å². The normalized spacial score (nSPS) is 11.8. The van der Waals surface area contributed by atoms with Crippen molar-refractivity contribution in [3.8, 4) is 16.9 Å². The number of phenols is 1. The maximum absolute atomic E-state index is 12.6. The summed E-state index contributed by atoms with van der Waals surface area (Å²) < 4.78 is 39.6. The molecule has 1 aromatic carbocycles. The molecule has 1 heterocycles. The van der Waals surface area contributed by atoms with Crippen molar-refractivity contribution in [3.05, 3.63) is 36.2 Å². The Morgan fingerprint density at radius 3 is 2.68 bits per heavy atom. The number of aromatic hydroxyl groups is 1. The summed E-state index contributed by atoms with van der Waals surface area (Å²) in [5, 5.41) is 13.7. The topological polar surface area (TPSA) is 38.0 Å². The van der Waals surface area contributed by atoms with Gasteiger partial charge in [-0.3, -0.25) is 4.68 Å². The van der Waals surface area contributed by atoms with Gasteiger partial charge in [0.1, 0.15) is 5.75 Å². The van der Waals surface area contributed by atoms with Crippen molar-refractivity contribution in [1.29, 1.82) is 0 Å². The van der Waals surface area contributed by atoms with Gasteiger partial charge in [0.25, 0.3) is 0 Å². The number of halogens is 3. The van der Waals surface area contributed by atoms with Crippen LogP contribution in [0.3, 0.4) is 0 Å². The van der Waals surface area contributed by atoms with Crippen molar-refractivity contribution in [2.45, 2.75) is 26.1 Å². The highest BCUT2D eigenvalue weighted by Crippen LogP contribution is 2.36. The molecule has 0 aliphatic heterocycles. The minimum Gasteiger partial charge on any atom is -0.507 e. The fourth-order valence-electron chi connectivity index (χ4n) is 1.80. The van der Waals surface area contributed by atoms with E-state index in [1.807, 2.05) is 6.92 Å². The summed E-state index contributed by atoms with van der Waals surface area (Å²) in [5.74, 6) is -0.191. The number of hydrogen-bond donors (Lipinski definition) is 1. The fraction of sp³-hybridized carbons (Fsp3) is 0.308. The van der Waals surface area contributed by atoms with Crippen LogP contribution in [0.15, 0.2) is 30.6 Å². The molecule has 1 aromatic heterocycles. The van der Waals surface area contributed by atoms with E-state index in [0.29, 0.717) is 12.1 Å². The average Bonchev–Trinajstić information content (AvgIpc) is 2.77. The molecule has 2 rings (SSSR count). The fourth-order valence-corrected chi connectivity index (χ4v) is 1.80. The second-order valence-corrected chi connectivity index (χ2v) is 4.22. The quantitative estimate of drug-likeness (QED) is 0.923. The van der Waals surface area contributed by atoms with E-state index in [4.69, 9.17) is 0 Å². The molecule has 0 amide bonds. The van der Waals surface area contributed by atoms with Crippen LogP contribution >= 0.6 is 0 Å². The number of nitrogens with zero attached hydrogens (tertiary/aromatic N) is 2. The van der Waals surface area contributed by atoms with Crippen LogP contribution in [-0.2, 0) is 12.7 Å². The molecule has 0 unspecified atom stereocenters. The zero-order valence-corrected chi connectivity index (χ0v) is 10.3. The van der Waals surface area contributed by atoms with E-state index in [2.05, 4.69) is 5.10 Å². The molecule has 6 heteroatoms. The van der Waals surface area contributed by atoms with Gasteiger partial charge in [-0.15, -0.1) is 0 Å². The summed E-state index contributed by atoms with van der Waals surface area (Å²) in [7, 11) is 0. The molecule has 2 aromatic rings. The van der Waals surface area contributed by atoms with Crippen molar-refractivity contribution in [2.75, 3.05) is 0 Å². The van der Waals surface area contributed by atoms with Crippen molar-refractivity contribution < 1.29 is 18.3 Å². The SMILES string of the molecule is CCCn1cc(-c2cc(C(F)(F)F)ccc2O)cn1. The third kappa shape index (κ3) is 2.89. The molecule has 1 N–H and O–H groups in total. The minimum absolute atomic E-state index is 0.136. The maximum atomic E-state index is 12.6. The summed E-state index contributed by atoms with van der Waals surface area (Å²) in [5.41, 5.74) is -0.183. The molecule has 0 atom stereocenters. The number of benzene rings is 1. The third-order valence-electron chi connectivity index (χ3n) is 2.72. The van der Waals surface area contributed by atoms with Gasteiger partial charge in [0.05, 0.1) is 11.8 Å². The molecule has 0 bridgehead atoms. The van der Waals surface area contributed by atoms with Crippen LogP contribution in [0, 0.1) is 0 Å². The number of aryl methyl sites for hydroxylation is 1. The van der Waals surface area contributed by atoms with E-state index in [9.17, 15) is 18.3 Å². The van der Waals surface area contributed by atoms with E-state index in [1.54, 1.807) is 10.9 Å². The predicted molar refractivity (Wildman–Crippen MR) is 64.6 cm³/mol. The number of phenolic OH excluding ortho intramolecular Hbond substituents is 1. The first kappa shape index (κ1) is 13.5. The van der Waals surface area contributed by atoms with Crippen LogP contribution in [-0.4, -0.2) is 14.9 Å². The van der Waals surface area contributed by atoms with E-state index in [0.717, 1.165) is 24.6 Å². The van der Waals surface area contributed by atoms with Gasteiger partial charge in [0.2, 0.25) is 0 Å². The second-order valence-electron chi connectivity index (χ2n) is 4.22. The van der Waals surface area contributed by atoms with Crippen LogP contribution < -0.4 is 0 Å². The Balaban J connectivity index is 2.42. The summed E-state index contributed by atoms with van der Waals surface area (Å²) in [6.07, 6.45) is -0.485. The molecule has 0 spiro atoms. The van der Waals surface area contributed by atoms with Crippen LogP contribution in [0.2, 0.25) is 0 Å². The molecule has 19 heavy (non-hydrogen) atoms. The monoisotopic (exact) mass is 270 g/mol. The smallest absolute Gasteiger partial charge is 0.416 e. The summed E-state index contributed by atoms with van der Waals surface area (Å²) in [6, 6.07) is 2.84. The lowest BCUT2D eigenvalue weighted by Gasteiger charge is -2.09. The van der Waals surface area contributed by atoms with Crippen molar-refractivity contribution in [1.82, 2.24) is 9.78 Å². The van der Waals surface area contributed by atoms with Gasteiger partial charge in [-0.2, -0.15) is 18.3 Å². The lowest BCUT2D eigenvalue weighted by Crippen LogP contribution is -2.04. The number of alkyl halides is 3. The summed E-state index contributed by atoms with van der Waals surface area (Å²) >= 11 is 0. The van der Waals surface area contributed by atoms with Crippen molar-refractivity contribution in [3.63, 3.8) is 0 Å². The van der Waals surface area contributed by atoms with Crippen LogP contribution in [0.5, 0.6) is 5.75 Å². The molecular weight excluding hydrogens is 257 g/mol. The van der Waals surface area contributed by atoms with Gasteiger partial charge in [0.15, 0.2) is 0 Å². The lowest BCUT2D eigenvalue weighted by molar-refractivity contribution is -0.137. The first-order valence-electron chi connectivity index (χ1n) is 5.85. The Kier molecular flexibility index (Phi) is 3.50. The number of aromatic nitrogens is 2. The van der Waals surface area contributed by atoms with E-state index < -0.39 is 11.7 Å². The van der Waals surface area contributed by atoms with Gasteiger partial charge in [-0.05, 0) is 24.6 Å². The molecule has 0 radical (unpaired) electrons. The molecule has 102 valence electrons. The van der Waals surface area contributed by atoms with Crippen LogP contribution in [0.25, 0.3) is 11.1 Å². The average molecular weight is 270 g/mol. The highest BCUT2D eigenvalue weighted by Gasteiger charge is 2.31. The number of rotatable bonds is 3. The van der Waals surface area contributed by atoms with Crippen molar-refractivity contribution >= 4 is 0 Å². The number of hydrogen-bond acceptors (Lipinski definition) is 2.